The van der Waals surface area contributed by atoms with Crippen molar-refractivity contribution >= 4 is 5.97 Å². The van der Waals surface area contributed by atoms with Gasteiger partial charge in [-0.15, -0.1) is 0 Å². The van der Waals surface area contributed by atoms with E-state index in [0.29, 0.717) is 13.2 Å². The summed E-state index contributed by atoms with van der Waals surface area (Å²) in [5, 5.41) is 0. The highest BCUT2D eigenvalue weighted by Crippen LogP contribution is 1.82. The molecule has 3 nitrogen and oxygen atoms in total. The van der Waals surface area contributed by atoms with Crippen molar-refractivity contribution in [3.63, 3.8) is 0 Å². The molecule has 0 rings (SSSR count). The number of hydrogen-bond acceptors (Lipinski definition) is 3. The van der Waals surface area contributed by atoms with Crippen molar-refractivity contribution in [3.05, 3.63) is 0 Å². The molecule has 68 valence electrons. The van der Waals surface area contributed by atoms with Gasteiger partial charge in [0, 0.05) is 12.5 Å². The summed E-state index contributed by atoms with van der Waals surface area (Å²) in [6.45, 7) is 5.05. The highest BCUT2D eigenvalue weighted by Gasteiger charge is 1.94. The lowest BCUT2D eigenvalue weighted by Gasteiger charge is -2.01. The van der Waals surface area contributed by atoms with Gasteiger partial charge >= 0.3 is 5.97 Å². The van der Waals surface area contributed by atoms with Gasteiger partial charge in [0.05, 0.1) is 6.61 Å². The second kappa shape index (κ2) is 8.09. The van der Waals surface area contributed by atoms with Crippen molar-refractivity contribution < 1.29 is 14.3 Å². The van der Waals surface area contributed by atoms with Crippen LogP contribution in [0, 0.1) is 11.8 Å². The van der Waals surface area contributed by atoms with Gasteiger partial charge in [0.1, 0.15) is 6.61 Å². The molecule has 0 atom stereocenters. The van der Waals surface area contributed by atoms with E-state index in [0.717, 1.165) is 6.42 Å². The molecule has 0 saturated carbocycles. The van der Waals surface area contributed by atoms with Crippen LogP contribution in [0.15, 0.2) is 0 Å². The fourth-order valence-corrected chi connectivity index (χ4v) is 0.578. The zero-order chi connectivity index (χ0) is 9.23. The number of rotatable bonds is 5. The molecular weight excluding hydrogens is 156 g/mol. The lowest BCUT2D eigenvalue weighted by Crippen LogP contribution is -2.09. The van der Waals surface area contributed by atoms with E-state index < -0.39 is 5.97 Å². The van der Waals surface area contributed by atoms with Gasteiger partial charge in [0.15, 0.2) is 0 Å². The van der Waals surface area contributed by atoms with Crippen molar-refractivity contribution in [2.45, 2.75) is 20.3 Å². The third kappa shape index (κ3) is 7.10. The Morgan fingerprint density at radius 3 is 2.67 bits per heavy atom. The van der Waals surface area contributed by atoms with Crippen molar-refractivity contribution in [2.24, 2.45) is 0 Å². The molecule has 0 bridgehead atoms. The van der Waals surface area contributed by atoms with Crippen LogP contribution in [-0.4, -0.2) is 25.8 Å². The minimum absolute atomic E-state index is 0.285. The van der Waals surface area contributed by atoms with Crippen LogP contribution < -0.4 is 0 Å². The summed E-state index contributed by atoms with van der Waals surface area (Å²) in [7, 11) is 0. The summed E-state index contributed by atoms with van der Waals surface area (Å²) in [6, 6.07) is 0. The van der Waals surface area contributed by atoms with E-state index in [9.17, 15) is 4.79 Å². The summed E-state index contributed by atoms with van der Waals surface area (Å²) < 4.78 is 9.78. The number of ether oxygens (including phenoxy) is 2. The van der Waals surface area contributed by atoms with Gasteiger partial charge in [-0.3, -0.25) is 0 Å². The maximum atomic E-state index is 10.6. The second-order valence-corrected chi connectivity index (χ2v) is 2.12. The van der Waals surface area contributed by atoms with Crippen LogP contribution in [0.5, 0.6) is 0 Å². The predicted octanol–water partition coefficient (Wildman–Crippen LogP) is 0.980. The first-order valence-corrected chi connectivity index (χ1v) is 3.98. The lowest BCUT2D eigenvalue weighted by molar-refractivity contribution is -0.138. The normalized spacial score (nSPS) is 8.50. The van der Waals surface area contributed by atoms with Crippen molar-refractivity contribution in [1.82, 2.24) is 0 Å². The standard InChI is InChI=1S/C9H14O3/c1-3-5-9(10)12-8-7-11-6-4-2/h4,6-8H2,1-2H3. The summed E-state index contributed by atoms with van der Waals surface area (Å²) in [4.78, 5) is 10.6. The quantitative estimate of drug-likeness (QED) is 0.267. The van der Waals surface area contributed by atoms with Gasteiger partial charge in [-0.05, 0) is 13.3 Å². The minimum Gasteiger partial charge on any atom is -0.454 e. The van der Waals surface area contributed by atoms with Crippen LogP contribution in [0.25, 0.3) is 0 Å². The zero-order valence-corrected chi connectivity index (χ0v) is 7.55. The largest absolute Gasteiger partial charge is 0.454 e. The van der Waals surface area contributed by atoms with E-state index in [2.05, 4.69) is 11.8 Å². The zero-order valence-electron chi connectivity index (χ0n) is 7.55. The molecule has 0 aromatic rings. The highest BCUT2D eigenvalue weighted by molar-refractivity contribution is 5.88. The van der Waals surface area contributed by atoms with Crippen molar-refractivity contribution in [2.75, 3.05) is 19.8 Å². The van der Waals surface area contributed by atoms with E-state index >= 15 is 0 Å². The van der Waals surface area contributed by atoms with Gasteiger partial charge in [-0.25, -0.2) is 4.79 Å². The Morgan fingerprint density at radius 2 is 2.08 bits per heavy atom. The molecular formula is C9H14O3. The lowest BCUT2D eigenvalue weighted by atomic mass is 10.5. The Balaban J connectivity index is 3.18. The van der Waals surface area contributed by atoms with Gasteiger partial charge in [-0.2, -0.15) is 0 Å². The summed E-state index contributed by atoms with van der Waals surface area (Å²) in [5.41, 5.74) is 0. The Labute approximate surface area is 73.0 Å². The molecule has 0 heterocycles. The molecule has 0 amide bonds. The first-order chi connectivity index (χ1) is 5.81. The molecule has 0 saturated heterocycles. The molecule has 0 spiro atoms. The molecule has 0 unspecified atom stereocenters. The third-order valence-electron chi connectivity index (χ3n) is 1.04. The highest BCUT2D eigenvalue weighted by atomic mass is 16.6. The minimum atomic E-state index is -0.488. The van der Waals surface area contributed by atoms with E-state index in [4.69, 9.17) is 9.47 Å². The van der Waals surface area contributed by atoms with Gasteiger partial charge in [0.25, 0.3) is 0 Å². The molecule has 0 aliphatic carbocycles. The Bertz CT molecular complexity index is 176. The van der Waals surface area contributed by atoms with E-state index in [1.165, 1.54) is 0 Å². The summed E-state index contributed by atoms with van der Waals surface area (Å²) in [6.07, 6.45) is 0.975. The number of esters is 1. The van der Waals surface area contributed by atoms with Crippen molar-refractivity contribution in [3.8, 4) is 11.8 Å². The monoisotopic (exact) mass is 170 g/mol. The Kier molecular flexibility index (Phi) is 7.41. The molecule has 3 heteroatoms. The van der Waals surface area contributed by atoms with Crippen LogP contribution in [-0.2, 0) is 14.3 Å². The fraction of sp³-hybridized carbons (Fsp3) is 0.667. The topological polar surface area (TPSA) is 35.5 Å². The summed E-state index contributed by atoms with van der Waals surface area (Å²) in [5.74, 6) is 4.24. The average molecular weight is 170 g/mol. The predicted molar refractivity (Wildman–Crippen MR) is 45.5 cm³/mol. The van der Waals surface area contributed by atoms with Crippen LogP contribution in [0.2, 0.25) is 0 Å². The first kappa shape index (κ1) is 11.0. The molecule has 12 heavy (non-hydrogen) atoms. The van der Waals surface area contributed by atoms with Gasteiger partial charge in [0.2, 0.25) is 0 Å². The van der Waals surface area contributed by atoms with Gasteiger partial charge in [-0.1, -0.05) is 12.8 Å². The van der Waals surface area contributed by atoms with Crippen LogP contribution >= 0.6 is 0 Å². The SMILES string of the molecule is CC#CC(=O)OCCOCCC. The third-order valence-corrected chi connectivity index (χ3v) is 1.04. The van der Waals surface area contributed by atoms with Crippen LogP contribution in [0.3, 0.4) is 0 Å². The van der Waals surface area contributed by atoms with Crippen LogP contribution in [0.4, 0.5) is 0 Å². The first-order valence-electron chi connectivity index (χ1n) is 3.98. The second-order valence-electron chi connectivity index (χ2n) is 2.12. The molecule has 0 radical (unpaired) electrons. The molecule has 0 N–H and O–H groups in total. The fourth-order valence-electron chi connectivity index (χ4n) is 0.578. The molecule has 0 aromatic carbocycles. The maximum Gasteiger partial charge on any atom is 0.384 e. The molecule has 0 aromatic heterocycles. The summed E-state index contributed by atoms with van der Waals surface area (Å²) >= 11 is 0. The van der Waals surface area contributed by atoms with Crippen LogP contribution in [0.1, 0.15) is 20.3 Å². The number of hydrogen-bond donors (Lipinski definition) is 0. The average Bonchev–Trinajstić information content (AvgIpc) is 2.05. The number of carbonyl (C=O) groups excluding carboxylic acids is 1. The smallest absolute Gasteiger partial charge is 0.384 e. The molecule has 0 aliphatic rings. The van der Waals surface area contributed by atoms with Gasteiger partial charge < -0.3 is 9.47 Å². The van der Waals surface area contributed by atoms with E-state index in [1.54, 1.807) is 6.92 Å². The van der Waals surface area contributed by atoms with E-state index in [1.807, 2.05) is 6.92 Å². The van der Waals surface area contributed by atoms with E-state index in [-0.39, 0.29) is 6.61 Å². The maximum absolute atomic E-state index is 10.6. The Hall–Kier alpha value is -1.01. The number of carbonyl (C=O) groups is 1. The Morgan fingerprint density at radius 1 is 1.33 bits per heavy atom. The van der Waals surface area contributed by atoms with Crippen molar-refractivity contribution in [1.29, 1.82) is 0 Å². The molecule has 0 aliphatic heterocycles. The molecule has 0 fully saturated rings.